The zero-order valence-corrected chi connectivity index (χ0v) is 10.7. The molecule has 19 heavy (non-hydrogen) atoms. The first kappa shape index (κ1) is 12.0. The van der Waals surface area contributed by atoms with Crippen molar-refractivity contribution < 1.29 is 0 Å². The normalized spacial score (nSPS) is 22.5. The average Bonchev–Trinajstić information content (AvgIpc) is 2.45. The first-order chi connectivity index (χ1) is 9.38. The molecule has 2 aromatic rings. The smallest absolute Gasteiger partial charge is 0.106 e. The molecule has 0 radical (unpaired) electrons. The molecule has 0 aliphatic carbocycles. The summed E-state index contributed by atoms with van der Waals surface area (Å²) < 4.78 is 0. The van der Waals surface area contributed by atoms with E-state index in [1.807, 2.05) is 36.4 Å². The molecule has 0 amide bonds. The molecule has 2 atom stereocenters. The number of likely N-dealkylation sites (tertiary alicyclic amines) is 1. The molecule has 94 valence electrons. The van der Waals surface area contributed by atoms with Crippen molar-refractivity contribution in [2.75, 3.05) is 6.54 Å². The molecule has 1 aliphatic heterocycles. The van der Waals surface area contributed by atoms with Crippen LogP contribution in [0, 0.1) is 11.3 Å². The Kier molecular flexibility index (Phi) is 3.31. The Hall–Kier alpha value is -2.11. The van der Waals surface area contributed by atoms with Gasteiger partial charge in [-0.15, -0.1) is 0 Å². The third kappa shape index (κ3) is 2.38. The van der Waals surface area contributed by atoms with Crippen molar-refractivity contribution in [1.29, 1.82) is 5.26 Å². The number of hydrogen-bond donors (Lipinski definition) is 0. The van der Waals surface area contributed by atoms with E-state index in [-0.39, 0.29) is 6.04 Å². The third-order valence-electron chi connectivity index (χ3n) is 3.79. The van der Waals surface area contributed by atoms with E-state index in [2.05, 4.69) is 35.2 Å². The summed E-state index contributed by atoms with van der Waals surface area (Å²) in [5.74, 6) is 0.356. The summed E-state index contributed by atoms with van der Waals surface area (Å²) in [5.41, 5.74) is 2.55. The summed E-state index contributed by atoms with van der Waals surface area (Å²) in [4.78, 5) is 2.24. The van der Waals surface area contributed by atoms with Crippen molar-refractivity contribution in [3.05, 3.63) is 71.8 Å². The van der Waals surface area contributed by atoms with Crippen LogP contribution in [-0.2, 0) is 6.54 Å². The second-order valence-electron chi connectivity index (χ2n) is 5.01. The lowest BCUT2D eigenvalue weighted by atomic mass is 9.83. The molecular weight excluding hydrogens is 232 g/mol. The minimum atomic E-state index is 0.00241. The van der Waals surface area contributed by atoms with Crippen molar-refractivity contribution in [2.24, 2.45) is 0 Å². The Bertz CT molecular complexity index is 571. The van der Waals surface area contributed by atoms with E-state index in [1.165, 1.54) is 11.1 Å². The Morgan fingerprint density at radius 1 is 1.00 bits per heavy atom. The Balaban J connectivity index is 1.70. The Morgan fingerprint density at radius 3 is 2.26 bits per heavy atom. The van der Waals surface area contributed by atoms with Crippen LogP contribution in [-0.4, -0.2) is 17.5 Å². The van der Waals surface area contributed by atoms with E-state index >= 15 is 0 Å². The summed E-state index contributed by atoms with van der Waals surface area (Å²) >= 11 is 0. The molecule has 1 fully saturated rings. The number of benzene rings is 2. The highest BCUT2D eigenvalue weighted by Gasteiger charge is 2.39. The molecule has 0 N–H and O–H groups in total. The molecule has 0 bridgehead atoms. The topological polar surface area (TPSA) is 27.0 Å². The van der Waals surface area contributed by atoms with Gasteiger partial charge in [0, 0.05) is 19.0 Å². The van der Waals surface area contributed by atoms with Gasteiger partial charge in [-0.2, -0.15) is 5.26 Å². The van der Waals surface area contributed by atoms with E-state index in [4.69, 9.17) is 0 Å². The van der Waals surface area contributed by atoms with Gasteiger partial charge in [0.25, 0.3) is 0 Å². The van der Waals surface area contributed by atoms with Gasteiger partial charge >= 0.3 is 0 Å². The molecule has 3 rings (SSSR count). The van der Waals surface area contributed by atoms with Crippen molar-refractivity contribution in [1.82, 2.24) is 4.90 Å². The highest BCUT2D eigenvalue weighted by Crippen LogP contribution is 2.34. The van der Waals surface area contributed by atoms with Crippen LogP contribution in [0.3, 0.4) is 0 Å². The average molecular weight is 248 g/mol. The molecular formula is C17H16N2. The maximum Gasteiger partial charge on any atom is 0.106 e. The predicted molar refractivity (Wildman–Crippen MR) is 75.4 cm³/mol. The zero-order chi connectivity index (χ0) is 13.1. The van der Waals surface area contributed by atoms with Gasteiger partial charge in [0.05, 0.1) is 6.07 Å². The second-order valence-corrected chi connectivity index (χ2v) is 5.01. The minimum absolute atomic E-state index is 0.00241. The van der Waals surface area contributed by atoms with Crippen LogP contribution in [0.25, 0.3) is 0 Å². The standard InChI is InChI=1S/C17H16N2/c18-11-17-16(15-9-5-2-6-10-15)13-19(17)12-14-7-3-1-4-8-14/h1-10,16-17H,12-13H2/t16-,17?/m0/s1. The summed E-state index contributed by atoms with van der Waals surface area (Å²) in [6.07, 6.45) is 0. The number of nitrogens with zero attached hydrogens (tertiary/aromatic N) is 2. The van der Waals surface area contributed by atoms with Gasteiger partial charge in [0.1, 0.15) is 6.04 Å². The van der Waals surface area contributed by atoms with E-state index in [9.17, 15) is 5.26 Å². The SMILES string of the molecule is N#CC1[C@H](c2ccccc2)CN1Cc1ccccc1. The largest absolute Gasteiger partial charge is 0.282 e. The van der Waals surface area contributed by atoms with E-state index < -0.39 is 0 Å². The first-order valence-electron chi connectivity index (χ1n) is 6.61. The van der Waals surface area contributed by atoms with Crippen LogP contribution in [0.4, 0.5) is 0 Å². The Labute approximate surface area is 113 Å². The minimum Gasteiger partial charge on any atom is -0.282 e. The second kappa shape index (κ2) is 5.26. The maximum atomic E-state index is 9.37. The van der Waals surface area contributed by atoms with Crippen LogP contribution in [0.2, 0.25) is 0 Å². The maximum absolute atomic E-state index is 9.37. The van der Waals surface area contributed by atoms with Gasteiger partial charge in [-0.3, -0.25) is 4.90 Å². The van der Waals surface area contributed by atoms with Crippen LogP contribution in [0.15, 0.2) is 60.7 Å². The van der Waals surface area contributed by atoms with Crippen LogP contribution >= 0.6 is 0 Å². The summed E-state index contributed by atoms with van der Waals surface area (Å²) in [6, 6.07) is 23.1. The van der Waals surface area contributed by atoms with Crippen LogP contribution in [0.1, 0.15) is 17.0 Å². The molecule has 0 spiro atoms. The summed E-state index contributed by atoms with van der Waals surface area (Å²) in [5, 5.41) is 9.37. The summed E-state index contributed by atoms with van der Waals surface area (Å²) in [6.45, 7) is 1.83. The summed E-state index contributed by atoms with van der Waals surface area (Å²) in [7, 11) is 0. The van der Waals surface area contributed by atoms with Crippen LogP contribution < -0.4 is 0 Å². The van der Waals surface area contributed by atoms with Crippen LogP contribution in [0.5, 0.6) is 0 Å². The lowest BCUT2D eigenvalue weighted by Gasteiger charge is -2.44. The number of nitriles is 1. The van der Waals surface area contributed by atoms with Gasteiger partial charge in [-0.1, -0.05) is 60.7 Å². The zero-order valence-electron chi connectivity index (χ0n) is 10.7. The van der Waals surface area contributed by atoms with Crippen molar-refractivity contribution in [3.8, 4) is 6.07 Å². The van der Waals surface area contributed by atoms with Crippen molar-refractivity contribution in [3.63, 3.8) is 0 Å². The van der Waals surface area contributed by atoms with Gasteiger partial charge in [0.15, 0.2) is 0 Å². The van der Waals surface area contributed by atoms with Crippen molar-refractivity contribution in [2.45, 2.75) is 18.5 Å². The fourth-order valence-corrected chi connectivity index (χ4v) is 2.72. The Morgan fingerprint density at radius 2 is 1.63 bits per heavy atom. The number of rotatable bonds is 3. The number of hydrogen-bond acceptors (Lipinski definition) is 2. The molecule has 2 nitrogen and oxygen atoms in total. The molecule has 1 unspecified atom stereocenters. The van der Waals surface area contributed by atoms with Crippen molar-refractivity contribution >= 4 is 0 Å². The fraction of sp³-hybridized carbons (Fsp3) is 0.235. The van der Waals surface area contributed by atoms with Gasteiger partial charge in [0.2, 0.25) is 0 Å². The quantitative estimate of drug-likeness (QED) is 0.834. The van der Waals surface area contributed by atoms with E-state index in [1.54, 1.807) is 0 Å². The lowest BCUT2D eigenvalue weighted by molar-refractivity contribution is 0.0894. The van der Waals surface area contributed by atoms with Gasteiger partial charge in [-0.25, -0.2) is 0 Å². The van der Waals surface area contributed by atoms with Gasteiger partial charge < -0.3 is 0 Å². The lowest BCUT2D eigenvalue weighted by Crippen LogP contribution is -2.53. The van der Waals surface area contributed by atoms with E-state index in [0.717, 1.165) is 13.1 Å². The molecule has 1 aliphatic rings. The molecule has 0 aromatic heterocycles. The predicted octanol–water partition coefficient (Wildman–Crippen LogP) is 3.18. The highest BCUT2D eigenvalue weighted by molar-refractivity contribution is 5.29. The molecule has 1 heterocycles. The highest BCUT2D eigenvalue weighted by atomic mass is 15.2. The van der Waals surface area contributed by atoms with Gasteiger partial charge in [-0.05, 0) is 11.1 Å². The molecule has 1 saturated heterocycles. The molecule has 2 aromatic carbocycles. The fourth-order valence-electron chi connectivity index (χ4n) is 2.72. The molecule has 0 saturated carbocycles. The third-order valence-corrected chi connectivity index (χ3v) is 3.79. The first-order valence-corrected chi connectivity index (χ1v) is 6.61. The van der Waals surface area contributed by atoms with E-state index in [0.29, 0.717) is 5.92 Å². The molecule has 2 heteroatoms. The monoisotopic (exact) mass is 248 g/mol.